The Morgan fingerprint density at radius 3 is 2.75 bits per heavy atom. The van der Waals surface area contributed by atoms with Crippen molar-refractivity contribution in [2.75, 3.05) is 13.2 Å². The number of hydrogen-bond acceptors (Lipinski definition) is 5. The maximum Gasteiger partial charge on any atom is 0.623 e. The highest BCUT2D eigenvalue weighted by atomic mass is 16.6. The van der Waals surface area contributed by atoms with E-state index < -0.39 is 13.4 Å². The molecule has 6 heteroatoms. The molecule has 0 spiro atoms. The lowest BCUT2D eigenvalue weighted by Crippen LogP contribution is -2.40. The zero-order chi connectivity index (χ0) is 12.0. The molecule has 1 aromatic rings. The molecule has 0 aliphatic heterocycles. The normalized spacial score (nSPS) is 12.2. The molecule has 0 saturated carbocycles. The van der Waals surface area contributed by atoms with Crippen LogP contribution in [0.2, 0.25) is 0 Å². The second-order valence-electron chi connectivity index (χ2n) is 3.42. The molecular formula is C10H16BNO4. The van der Waals surface area contributed by atoms with Gasteiger partial charge in [-0.3, -0.25) is 0 Å². The zero-order valence-corrected chi connectivity index (χ0v) is 9.17. The molecule has 1 atom stereocenters. The van der Waals surface area contributed by atoms with Crippen molar-refractivity contribution >= 4 is 7.25 Å². The summed E-state index contributed by atoms with van der Waals surface area (Å²) in [5.41, 5.74) is 6.49. The highest BCUT2D eigenvalue weighted by molar-refractivity contribution is 6.41. The van der Waals surface area contributed by atoms with Crippen molar-refractivity contribution in [3.63, 3.8) is 0 Å². The fourth-order valence-electron chi connectivity index (χ4n) is 1.11. The molecule has 0 heterocycles. The summed E-state index contributed by atoms with van der Waals surface area (Å²) in [6.07, 6.45) is -0.938. The summed E-state index contributed by atoms with van der Waals surface area (Å²) in [4.78, 5) is 0. The molecule has 1 rings (SSSR count). The van der Waals surface area contributed by atoms with Crippen LogP contribution in [-0.4, -0.2) is 36.8 Å². The summed E-state index contributed by atoms with van der Waals surface area (Å²) in [5.74, 6) is 0.633. The van der Waals surface area contributed by atoms with Gasteiger partial charge in [0.1, 0.15) is 5.75 Å². The predicted octanol–water partition coefficient (Wildman–Crippen LogP) is -0.313. The summed E-state index contributed by atoms with van der Waals surface area (Å²) in [5, 5.41) is 17.6. The van der Waals surface area contributed by atoms with Crippen LogP contribution >= 0.6 is 0 Å². The fraction of sp³-hybridized carbons (Fsp3) is 0.400. The minimum absolute atomic E-state index is 0.0659. The second kappa shape index (κ2) is 6.50. The average molecular weight is 225 g/mol. The number of nitrogens with two attached hydrogens (primary N) is 1. The lowest BCUT2D eigenvalue weighted by Gasteiger charge is -2.14. The van der Waals surface area contributed by atoms with Gasteiger partial charge in [0.15, 0.2) is 0 Å². The van der Waals surface area contributed by atoms with Crippen LogP contribution in [0.3, 0.4) is 0 Å². The van der Waals surface area contributed by atoms with Crippen LogP contribution in [0.25, 0.3) is 0 Å². The van der Waals surface area contributed by atoms with E-state index >= 15 is 0 Å². The standard InChI is InChI=1S/C10H16BNO4/c1-8-4-2-3-5-10(8)16-11(12)15-7-9(14)6-13/h2-5,9,13-14H,6-7,12H2,1H3. The van der Waals surface area contributed by atoms with Gasteiger partial charge in [0.2, 0.25) is 0 Å². The SMILES string of the molecule is Cc1ccccc1OB(N)OCC(O)CO. The molecule has 0 radical (unpaired) electrons. The number of aliphatic hydroxyl groups is 2. The Bertz CT molecular complexity index is 323. The Labute approximate surface area is 95.0 Å². The van der Waals surface area contributed by atoms with Gasteiger partial charge in [-0.15, -0.1) is 0 Å². The number of para-hydroxylation sites is 1. The second-order valence-corrected chi connectivity index (χ2v) is 3.42. The molecule has 88 valence electrons. The molecule has 0 aliphatic carbocycles. The Balaban J connectivity index is 2.40. The minimum Gasteiger partial charge on any atom is -0.522 e. The molecule has 0 aliphatic rings. The van der Waals surface area contributed by atoms with Crippen LogP contribution in [-0.2, 0) is 4.65 Å². The topological polar surface area (TPSA) is 84.9 Å². The summed E-state index contributed by atoms with van der Waals surface area (Å²) >= 11 is 0. The highest BCUT2D eigenvalue weighted by Crippen LogP contribution is 2.16. The first-order chi connectivity index (χ1) is 7.63. The van der Waals surface area contributed by atoms with E-state index in [4.69, 9.17) is 25.2 Å². The number of aryl methyl sites for hydroxylation is 1. The predicted molar refractivity (Wildman–Crippen MR) is 60.8 cm³/mol. The molecule has 0 bridgehead atoms. The Morgan fingerprint density at radius 1 is 1.44 bits per heavy atom. The summed E-state index contributed by atoms with van der Waals surface area (Å²) in [6.45, 7) is 1.46. The first-order valence-electron chi connectivity index (χ1n) is 5.02. The first-order valence-corrected chi connectivity index (χ1v) is 5.02. The molecule has 0 saturated heterocycles. The van der Waals surface area contributed by atoms with Gasteiger partial charge in [-0.25, -0.2) is 0 Å². The van der Waals surface area contributed by atoms with E-state index in [0.29, 0.717) is 5.75 Å². The number of hydrogen-bond donors (Lipinski definition) is 3. The van der Waals surface area contributed by atoms with Crippen LogP contribution < -0.4 is 10.3 Å². The lowest BCUT2D eigenvalue weighted by atomic mass is 10.1. The molecule has 0 amide bonds. The monoisotopic (exact) mass is 225 g/mol. The number of aliphatic hydroxyl groups excluding tert-OH is 2. The van der Waals surface area contributed by atoms with Crippen molar-refractivity contribution in [1.29, 1.82) is 0 Å². The van der Waals surface area contributed by atoms with Crippen LogP contribution in [0.4, 0.5) is 0 Å². The Kier molecular flexibility index (Phi) is 5.27. The van der Waals surface area contributed by atoms with E-state index in [-0.39, 0.29) is 13.2 Å². The van der Waals surface area contributed by atoms with E-state index in [9.17, 15) is 0 Å². The maximum atomic E-state index is 9.04. The highest BCUT2D eigenvalue weighted by Gasteiger charge is 2.17. The summed E-state index contributed by atoms with van der Waals surface area (Å²) in [6, 6.07) is 7.40. The zero-order valence-electron chi connectivity index (χ0n) is 9.17. The molecule has 0 fully saturated rings. The van der Waals surface area contributed by atoms with Gasteiger partial charge in [-0.2, -0.15) is 0 Å². The van der Waals surface area contributed by atoms with E-state index in [1.165, 1.54) is 0 Å². The summed E-state index contributed by atoms with van der Waals surface area (Å²) in [7, 11) is -0.956. The Morgan fingerprint density at radius 2 is 2.12 bits per heavy atom. The third kappa shape index (κ3) is 4.20. The van der Waals surface area contributed by atoms with Gasteiger partial charge in [-0.05, 0) is 18.6 Å². The number of rotatable bonds is 6. The van der Waals surface area contributed by atoms with Crippen LogP contribution in [0.5, 0.6) is 5.75 Å². The van der Waals surface area contributed by atoms with Gasteiger partial charge in [0.05, 0.1) is 19.3 Å². The van der Waals surface area contributed by atoms with Gasteiger partial charge >= 0.3 is 7.25 Å². The van der Waals surface area contributed by atoms with Crippen molar-refractivity contribution in [3.8, 4) is 5.75 Å². The molecule has 16 heavy (non-hydrogen) atoms. The average Bonchev–Trinajstić information content (AvgIpc) is 2.29. The smallest absolute Gasteiger partial charge is 0.522 e. The van der Waals surface area contributed by atoms with Crippen molar-refractivity contribution < 1.29 is 19.5 Å². The molecule has 0 aromatic heterocycles. The van der Waals surface area contributed by atoms with Gasteiger partial charge in [-0.1, -0.05) is 18.2 Å². The van der Waals surface area contributed by atoms with Crippen molar-refractivity contribution in [3.05, 3.63) is 29.8 Å². The third-order valence-corrected chi connectivity index (χ3v) is 2.00. The molecule has 4 N–H and O–H groups in total. The lowest BCUT2D eigenvalue weighted by molar-refractivity contribution is 0.0473. The molecular weight excluding hydrogens is 209 g/mol. The van der Waals surface area contributed by atoms with E-state index in [1.807, 2.05) is 25.1 Å². The molecule has 5 nitrogen and oxygen atoms in total. The largest absolute Gasteiger partial charge is 0.623 e. The maximum absolute atomic E-state index is 9.04. The Hall–Kier alpha value is -1.08. The minimum atomic E-state index is -0.956. The third-order valence-electron chi connectivity index (χ3n) is 2.00. The van der Waals surface area contributed by atoms with E-state index in [0.717, 1.165) is 5.56 Å². The van der Waals surface area contributed by atoms with Gasteiger partial charge < -0.3 is 25.2 Å². The first kappa shape index (κ1) is 13.0. The van der Waals surface area contributed by atoms with E-state index in [1.54, 1.807) is 6.07 Å². The number of benzene rings is 1. The van der Waals surface area contributed by atoms with Crippen LogP contribution in [0, 0.1) is 6.92 Å². The molecule has 1 aromatic carbocycles. The van der Waals surface area contributed by atoms with Crippen molar-refractivity contribution in [2.45, 2.75) is 13.0 Å². The fourth-order valence-corrected chi connectivity index (χ4v) is 1.11. The van der Waals surface area contributed by atoms with E-state index in [2.05, 4.69) is 0 Å². The van der Waals surface area contributed by atoms with Crippen molar-refractivity contribution in [1.82, 2.24) is 0 Å². The van der Waals surface area contributed by atoms with Crippen molar-refractivity contribution in [2.24, 2.45) is 5.64 Å². The van der Waals surface area contributed by atoms with Gasteiger partial charge in [0.25, 0.3) is 0 Å². The van der Waals surface area contributed by atoms with Gasteiger partial charge in [0, 0.05) is 0 Å². The molecule has 1 unspecified atom stereocenters. The summed E-state index contributed by atoms with van der Waals surface area (Å²) < 4.78 is 10.3. The quantitative estimate of drug-likeness (QED) is 0.578. The van der Waals surface area contributed by atoms with Crippen LogP contribution in [0.15, 0.2) is 24.3 Å². The van der Waals surface area contributed by atoms with Crippen LogP contribution in [0.1, 0.15) is 5.56 Å².